The molecule has 3 rings (SSSR count). The summed E-state index contributed by atoms with van der Waals surface area (Å²) in [4.78, 5) is 8.60. The van der Waals surface area contributed by atoms with Crippen molar-refractivity contribution >= 4 is 0 Å². The third kappa shape index (κ3) is 4.07. The topological polar surface area (TPSA) is 37.8 Å². The second-order valence-electron chi connectivity index (χ2n) is 5.81. The molecule has 23 heavy (non-hydrogen) atoms. The van der Waals surface area contributed by atoms with E-state index in [0.717, 1.165) is 17.8 Å². The van der Waals surface area contributed by atoms with Crippen molar-refractivity contribution in [1.29, 1.82) is 0 Å². The minimum atomic E-state index is -4.33. The van der Waals surface area contributed by atoms with Crippen molar-refractivity contribution in [2.75, 3.05) is 0 Å². The molecule has 1 fully saturated rings. The molecule has 6 heteroatoms. The molecule has 0 saturated heterocycles. The van der Waals surface area contributed by atoms with Gasteiger partial charge in [-0.25, -0.2) is 9.97 Å². The van der Waals surface area contributed by atoms with Crippen LogP contribution in [0.4, 0.5) is 13.2 Å². The summed E-state index contributed by atoms with van der Waals surface area (Å²) in [6.07, 6.45) is 2.22. The first-order valence-electron chi connectivity index (χ1n) is 7.75. The molecule has 1 saturated carbocycles. The first-order valence-corrected chi connectivity index (χ1v) is 7.75. The third-order valence-electron chi connectivity index (χ3n) is 4.11. The number of hydrogen-bond donors (Lipinski definition) is 1. The Hall–Kier alpha value is -1.95. The van der Waals surface area contributed by atoms with Crippen molar-refractivity contribution in [2.45, 2.75) is 44.4 Å². The van der Waals surface area contributed by atoms with E-state index >= 15 is 0 Å². The summed E-state index contributed by atoms with van der Waals surface area (Å²) in [7, 11) is 0. The minimum absolute atomic E-state index is 0.449. The van der Waals surface area contributed by atoms with Crippen molar-refractivity contribution in [3.05, 3.63) is 47.8 Å². The van der Waals surface area contributed by atoms with E-state index in [2.05, 4.69) is 15.3 Å². The lowest BCUT2D eigenvalue weighted by molar-refractivity contribution is -0.137. The molecule has 0 atom stereocenters. The second kappa shape index (κ2) is 6.66. The fourth-order valence-electron chi connectivity index (χ4n) is 2.82. The molecule has 0 spiro atoms. The van der Waals surface area contributed by atoms with Gasteiger partial charge in [-0.2, -0.15) is 13.2 Å². The lowest BCUT2D eigenvalue weighted by Crippen LogP contribution is -2.25. The number of nitrogens with zero attached hydrogens (tertiary/aromatic N) is 2. The molecule has 1 aliphatic rings. The maximum atomic E-state index is 12.6. The van der Waals surface area contributed by atoms with Gasteiger partial charge in [0.05, 0.1) is 11.3 Å². The summed E-state index contributed by atoms with van der Waals surface area (Å²) >= 11 is 0. The van der Waals surface area contributed by atoms with Crippen LogP contribution in [0.5, 0.6) is 0 Å². The minimum Gasteiger partial charge on any atom is -0.308 e. The number of nitrogens with one attached hydrogen (secondary N) is 1. The molecule has 1 aromatic carbocycles. The summed E-state index contributed by atoms with van der Waals surface area (Å²) in [5, 5.41) is 3.47. The van der Waals surface area contributed by atoms with Crippen molar-refractivity contribution in [1.82, 2.24) is 15.3 Å². The average molecular weight is 321 g/mol. The lowest BCUT2D eigenvalue weighted by Gasteiger charge is -2.11. The van der Waals surface area contributed by atoms with E-state index in [1.165, 1.54) is 37.8 Å². The summed E-state index contributed by atoms with van der Waals surface area (Å²) in [6, 6.07) is 7.30. The zero-order valence-electron chi connectivity index (χ0n) is 12.6. The van der Waals surface area contributed by atoms with Crippen LogP contribution >= 0.6 is 0 Å². The Balaban J connectivity index is 1.71. The second-order valence-corrected chi connectivity index (χ2v) is 5.81. The number of hydrogen-bond acceptors (Lipinski definition) is 3. The number of aromatic nitrogens is 2. The Morgan fingerprint density at radius 3 is 2.39 bits per heavy atom. The first-order chi connectivity index (χ1) is 11.0. The van der Waals surface area contributed by atoms with Gasteiger partial charge >= 0.3 is 6.18 Å². The largest absolute Gasteiger partial charge is 0.416 e. The molecule has 0 unspecified atom stereocenters. The molecule has 122 valence electrons. The number of benzene rings is 1. The van der Waals surface area contributed by atoms with Crippen LogP contribution in [0.25, 0.3) is 11.4 Å². The molecule has 0 bridgehead atoms. The average Bonchev–Trinajstić information content (AvgIpc) is 3.06. The molecule has 0 radical (unpaired) electrons. The van der Waals surface area contributed by atoms with Crippen molar-refractivity contribution in [3.8, 4) is 11.4 Å². The van der Waals surface area contributed by atoms with Crippen molar-refractivity contribution in [2.24, 2.45) is 0 Å². The summed E-state index contributed by atoms with van der Waals surface area (Å²) in [5.74, 6) is 0.449. The zero-order valence-corrected chi connectivity index (χ0v) is 12.6. The fourth-order valence-corrected chi connectivity index (χ4v) is 2.82. The van der Waals surface area contributed by atoms with E-state index in [1.807, 2.05) is 6.07 Å². The SMILES string of the molecule is FC(F)(F)c1ccc(-c2nccc(CNC3CCCC3)n2)cc1. The van der Waals surface area contributed by atoms with E-state index in [1.54, 1.807) is 6.20 Å². The highest BCUT2D eigenvalue weighted by molar-refractivity contribution is 5.55. The molecule has 1 N–H and O–H groups in total. The zero-order chi connectivity index (χ0) is 16.3. The standard InChI is InChI=1S/C17H18F3N3/c18-17(19,20)13-7-5-12(6-8-13)16-21-10-9-15(23-16)11-22-14-3-1-2-4-14/h5-10,14,22H,1-4,11H2. The molecule has 3 nitrogen and oxygen atoms in total. The molecule has 1 aromatic heterocycles. The van der Waals surface area contributed by atoms with Gasteiger partial charge in [0.15, 0.2) is 5.82 Å². The van der Waals surface area contributed by atoms with Crippen LogP contribution in [0.2, 0.25) is 0 Å². The smallest absolute Gasteiger partial charge is 0.308 e. The van der Waals surface area contributed by atoms with E-state index in [-0.39, 0.29) is 0 Å². The van der Waals surface area contributed by atoms with Gasteiger partial charge in [-0.05, 0) is 31.0 Å². The number of rotatable bonds is 4. The van der Waals surface area contributed by atoms with Gasteiger partial charge in [-0.3, -0.25) is 0 Å². The Morgan fingerprint density at radius 2 is 1.74 bits per heavy atom. The van der Waals surface area contributed by atoms with Gasteiger partial charge in [0.25, 0.3) is 0 Å². The molecule has 2 aromatic rings. The summed E-state index contributed by atoms with van der Waals surface area (Å²) in [6.45, 7) is 0.654. The lowest BCUT2D eigenvalue weighted by atomic mass is 10.1. The Kier molecular flexibility index (Phi) is 4.61. The van der Waals surface area contributed by atoms with Crippen LogP contribution in [0.1, 0.15) is 36.9 Å². The quantitative estimate of drug-likeness (QED) is 0.917. The highest BCUT2D eigenvalue weighted by atomic mass is 19.4. The summed E-state index contributed by atoms with van der Waals surface area (Å²) in [5.41, 5.74) is 0.766. The van der Waals surface area contributed by atoms with Gasteiger partial charge in [0.2, 0.25) is 0 Å². The van der Waals surface area contributed by atoms with E-state index < -0.39 is 11.7 Å². The monoisotopic (exact) mass is 321 g/mol. The maximum Gasteiger partial charge on any atom is 0.416 e. The van der Waals surface area contributed by atoms with Gasteiger partial charge in [-0.1, -0.05) is 25.0 Å². The van der Waals surface area contributed by atoms with E-state index in [4.69, 9.17) is 0 Å². The van der Waals surface area contributed by atoms with Gasteiger partial charge < -0.3 is 5.32 Å². The molecule has 1 aliphatic carbocycles. The predicted molar refractivity (Wildman–Crippen MR) is 81.6 cm³/mol. The first kappa shape index (κ1) is 15.9. The van der Waals surface area contributed by atoms with Crippen LogP contribution < -0.4 is 5.32 Å². The molecular weight excluding hydrogens is 303 g/mol. The Morgan fingerprint density at radius 1 is 1.04 bits per heavy atom. The number of alkyl halides is 3. The Bertz CT molecular complexity index is 647. The molecular formula is C17H18F3N3. The van der Waals surface area contributed by atoms with E-state index in [0.29, 0.717) is 24.0 Å². The Labute approximate surface area is 133 Å². The fraction of sp³-hybridized carbons (Fsp3) is 0.412. The molecule has 0 aliphatic heterocycles. The normalized spacial score (nSPS) is 16.0. The highest BCUT2D eigenvalue weighted by Crippen LogP contribution is 2.30. The van der Waals surface area contributed by atoms with Crippen LogP contribution in [0, 0.1) is 0 Å². The molecule has 1 heterocycles. The highest BCUT2D eigenvalue weighted by Gasteiger charge is 2.30. The van der Waals surface area contributed by atoms with Crippen molar-refractivity contribution < 1.29 is 13.2 Å². The van der Waals surface area contributed by atoms with Crippen LogP contribution in [-0.2, 0) is 12.7 Å². The summed E-state index contributed by atoms with van der Waals surface area (Å²) < 4.78 is 37.8. The third-order valence-corrected chi connectivity index (χ3v) is 4.11. The van der Waals surface area contributed by atoms with Gasteiger partial charge in [0.1, 0.15) is 0 Å². The molecule has 0 amide bonds. The van der Waals surface area contributed by atoms with Crippen LogP contribution in [-0.4, -0.2) is 16.0 Å². The van der Waals surface area contributed by atoms with Gasteiger partial charge in [-0.15, -0.1) is 0 Å². The van der Waals surface area contributed by atoms with Gasteiger partial charge in [0, 0.05) is 24.3 Å². The number of halogens is 3. The van der Waals surface area contributed by atoms with E-state index in [9.17, 15) is 13.2 Å². The predicted octanol–water partition coefficient (Wildman–Crippen LogP) is 4.19. The van der Waals surface area contributed by atoms with Crippen LogP contribution in [0.3, 0.4) is 0 Å². The maximum absolute atomic E-state index is 12.6. The van der Waals surface area contributed by atoms with Crippen LogP contribution in [0.15, 0.2) is 36.5 Å². The van der Waals surface area contributed by atoms with Crippen molar-refractivity contribution in [3.63, 3.8) is 0 Å².